The van der Waals surface area contributed by atoms with Crippen LogP contribution < -0.4 is 5.32 Å². The average Bonchev–Trinajstić information content (AvgIpc) is 2.98. The number of aliphatic hydroxyl groups excluding tert-OH is 1. The van der Waals surface area contributed by atoms with Gasteiger partial charge in [0.15, 0.2) is 0 Å². The van der Waals surface area contributed by atoms with Gasteiger partial charge in [0, 0.05) is 24.9 Å². The molecule has 21 heavy (non-hydrogen) atoms. The third kappa shape index (κ3) is 4.67. The van der Waals surface area contributed by atoms with Crippen LogP contribution in [0.1, 0.15) is 24.9 Å². The molecule has 0 radical (unpaired) electrons. The number of rotatable bonds is 8. The molecule has 0 bridgehead atoms. The molecule has 0 aliphatic carbocycles. The van der Waals surface area contributed by atoms with Crippen molar-refractivity contribution in [3.8, 4) is 5.69 Å². The molecular weight excluding hydrogens is 266 g/mol. The number of benzene rings is 1. The lowest BCUT2D eigenvalue weighted by atomic mass is 10.2. The van der Waals surface area contributed by atoms with E-state index in [9.17, 15) is 5.11 Å². The summed E-state index contributed by atoms with van der Waals surface area (Å²) in [6, 6.07) is 10.2. The summed E-state index contributed by atoms with van der Waals surface area (Å²) in [7, 11) is 1.59. The second-order valence-electron chi connectivity index (χ2n) is 5.13. The lowest BCUT2D eigenvalue weighted by Crippen LogP contribution is -2.25. The van der Waals surface area contributed by atoms with Crippen LogP contribution in [0.2, 0.25) is 0 Å². The Kier molecular flexibility index (Phi) is 5.92. The lowest BCUT2D eigenvalue weighted by molar-refractivity contribution is 0.0590. The van der Waals surface area contributed by atoms with Crippen molar-refractivity contribution in [3.63, 3.8) is 0 Å². The van der Waals surface area contributed by atoms with Crippen molar-refractivity contribution in [2.45, 2.75) is 25.5 Å². The van der Waals surface area contributed by atoms with Gasteiger partial charge in [0.25, 0.3) is 0 Å². The molecule has 5 nitrogen and oxygen atoms in total. The standard InChI is InChI=1S/C16H23N3O2/c1-13(17-9-8-16(20)12-21-2)14-10-18-19(11-14)15-6-4-3-5-7-15/h3-7,10-11,13,16-17,20H,8-9,12H2,1-2H3. The summed E-state index contributed by atoms with van der Waals surface area (Å²) in [5.74, 6) is 0. The van der Waals surface area contributed by atoms with Crippen LogP contribution >= 0.6 is 0 Å². The molecule has 0 spiro atoms. The minimum atomic E-state index is -0.415. The number of methoxy groups -OCH3 is 1. The SMILES string of the molecule is COCC(O)CCNC(C)c1cnn(-c2ccccc2)c1. The molecule has 5 heteroatoms. The van der Waals surface area contributed by atoms with Gasteiger partial charge in [-0.1, -0.05) is 18.2 Å². The van der Waals surface area contributed by atoms with E-state index in [1.807, 2.05) is 47.4 Å². The number of aliphatic hydroxyl groups is 1. The fourth-order valence-electron chi connectivity index (χ4n) is 2.14. The summed E-state index contributed by atoms with van der Waals surface area (Å²) in [5, 5.41) is 17.4. The first-order valence-electron chi connectivity index (χ1n) is 7.21. The summed E-state index contributed by atoms with van der Waals surface area (Å²) in [6.45, 7) is 3.21. The summed E-state index contributed by atoms with van der Waals surface area (Å²) in [4.78, 5) is 0. The highest BCUT2D eigenvalue weighted by molar-refractivity contribution is 5.31. The highest BCUT2D eigenvalue weighted by Gasteiger charge is 2.09. The average molecular weight is 289 g/mol. The van der Waals surface area contributed by atoms with E-state index in [-0.39, 0.29) is 6.04 Å². The quantitative estimate of drug-likeness (QED) is 0.779. The van der Waals surface area contributed by atoms with Crippen molar-refractivity contribution in [2.75, 3.05) is 20.3 Å². The van der Waals surface area contributed by atoms with E-state index in [1.165, 1.54) is 0 Å². The van der Waals surface area contributed by atoms with Crippen LogP contribution in [-0.2, 0) is 4.74 Å². The van der Waals surface area contributed by atoms with Crippen LogP contribution in [0.3, 0.4) is 0 Å². The molecule has 1 heterocycles. The fraction of sp³-hybridized carbons (Fsp3) is 0.438. The molecule has 0 fully saturated rings. The molecule has 0 saturated carbocycles. The molecule has 2 rings (SSSR count). The molecule has 1 aromatic heterocycles. The number of aromatic nitrogens is 2. The third-order valence-corrected chi connectivity index (χ3v) is 3.41. The Balaban J connectivity index is 1.86. The minimum absolute atomic E-state index is 0.192. The smallest absolute Gasteiger partial charge is 0.0785 e. The van der Waals surface area contributed by atoms with Crippen LogP contribution in [0.25, 0.3) is 5.69 Å². The summed E-state index contributed by atoms with van der Waals surface area (Å²) < 4.78 is 6.78. The summed E-state index contributed by atoms with van der Waals surface area (Å²) in [6.07, 6.45) is 4.15. The fourth-order valence-corrected chi connectivity index (χ4v) is 2.14. The molecule has 2 aromatic rings. The van der Waals surface area contributed by atoms with Gasteiger partial charge in [0.05, 0.1) is 24.6 Å². The third-order valence-electron chi connectivity index (χ3n) is 3.41. The number of nitrogens with zero attached hydrogens (tertiary/aromatic N) is 2. The monoisotopic (exact) mass is 289 g/mol. The van der Waals surface area contributed by atoms with Gasteiger partial charge in [0.2, 0.25) is 0 Å². The van der Waals surface area contributed by atoms with Gasteiger partial charge in [0.1, 0.15) is 0 Å². The molecule has 0 saturated heterocycles. The Labute approximate surface area is 125 Å². The van der Waals surface area contributed by atoms with Gasteiger partial charge >= 0.3 is 0 Å². The summed E-state index contributed by atoms with van der Waals surface area (Å²) in [5.41, 5.74) is 2.17. The van der Waals surface area contributed by atoms with Gasteiger partial charge < -0.3 is 15.2 Å². The van der Waals surface area contributed by atoms with Crippen molar-refractivity contribution in [3.05, 3.63) is 48.3 Å². The maximum atomic E-state index is 9.60. The molecular formula is C16H23N3O2. The Hall–Kier alpha value is -1.69. The molecule has 0 amide bonds. The number of para-hydroxylation sites is 1. The van der Waals surface area contributed by atoms with Crippen LogP contribution in [0, 0.1) is 0 Å². The Morgan fingerprint density at radius 1 is 1.33 bits per heavy atom. The van der Waals surface area contributed by atoms with Crippen molar-refractivity contribution in [1.82, 2.24) is 15.1 Å². The topological polar surface area (TPSA) is 59.3 Å². The predicted molar refractivity (Wildman–Crippen MR) is 82.5 cm³/mol. The number of ether oxygens (including phenoxy) is 1. The van der Waals surface area contributed by atoms with E-state index < -0.39 is 6.10 Å². The molecule has 0 aliphatic heterocycles. The first-order valence-corrected chi connectivity index (χ1v) is 7.21. The first kappa shape index (κ1) is 15.7. The zero-order chi connectivity index (χ0) is 15.1. The molecule has 2 N–H and O–H groups in total. The maximum Gasteiger partial charge on any atom is 0.0785 e. The number of nitrogens with one attached hydrogen (secondary N) is 1. The van der Waals surface area contributed by atoms with Crippen LogP contribution in [0.15, 0.2) is 42.7 Å². The van der Waals surface area contributed by atoms with Crippen molar-refractivity contribution in [2.24, 2.45) is 0 Å². The molecule has 1 aromatic carbocycles. The van der Waals surface area contributed by atoms with E-state index >= 15 is 0 Å². The van der Waals surface area contributed by atoms with E-state index in [0.29, 0.717) is 13.0 Å². The number of hydrogen-bond acceptors (Lipinski definition) is 4. The van der Waals surface area contributed by atoms with E-state index in [4.69, 9.17) is 4.74 Å². The molecule has 114 valence electrons. The lowest BCUT2D eigenvalue weighted by Gasteiger charge is -2.14. The maximum absolute atomic E-state index is 9.60. The van der Waals surface area contributed by atoms with Gasteiger partial charge in [-0.2, -0.15) is 5.10 Å². The predicted octanol–water partition coefficient (Wildman–Crippen LogP) is 1.92. The van der Waals surface area contributed by atoms with Gasteiger partial charge in [-0.25, -0.2) is 4.68 Å². The summed E-state index contributed by atoms with van der Waals surface area (Å²) >= 11 is 0. The molecule has 2 unspecified atom stereocenters. The van der Waals surface area contributed by atoms with Crippen LogP contribution in [0.5, 0.6) is 0 Å². The van der Waals surface area contributed by atoms with Crippen LogP contribution in [0.4, 0.5) is 0 Å². The Morgan fingerprint density at radius 2 is 2.10 bits per heavy atom. The zero-order valence-electron chi connectivity index (χ0n) is 12.6. The van der Waals surface area contributed by atoms with E-state index in [0.717, 1.165) is 17.8 Å². The minimum Gasteiger partial charge on any atom is -0.391 e. The second kappa shape index (κ2) is 7.93. The Morgan fingerprint density at radius 3 is 2.81 bits per heavy atom. The van der Waals surface area contributed by atoms with Crippen molar-refractivity contribution in [1.29, 1.82) is 0 Å². The second-order valence-corrected chi connectivity index (χ2v) is 5.13. The van der Waals surface area contributed by atoms with E-state index in [1.54, 1.807) is 7.11 Å². The number of hydrogen-bond donors (Lipinski definition) is 2. The largest absolute Gasteiger partial charge is 0.391 e. The van der Waals surface area contributed by atoms with Gasteiger partial charge in [-0.15, -0.1) is 0 Å². The van der Waals surface area contributed by atoms with Gasteiger partial charge in [-0.3, -0.25) is 0 Å². The molecule has 0 aliphatic rings. The van der Waals surface area contributed by atoms with Crippen LogP contribution in [-0.4, -0.2) is 41.3 Å². The molecule has 2 atom stereocenters. The highest BCUT2D eigenvalue weighted by atomic mass is 16.5. The first-order chi connectivity index (χ1) is 10.2. The van der Waals surface area contributed by atoms with Crippen molar-refractivity contribution < 1.29 is 9.84 Å². The van der Waals surface area contributed by atoms with Gasteiger partial charge in [-0.05, 0) is 32.0 Å². The van der Waals surface area contributed by atoms with E-state index in [2.05, 4.69) is 17.3 Å². The zero-order valence-corrected chi connectivity index (χ0v) is 12.6. The Bertz CT molecular complexity index is 527. The highest BCUT2D eigenvalue weighted by Crippen LogP contribution is 2.14. The normalized spacial score (nSPS) is 14.0. The van der Waals surface area contributed by atoms with Crippen molar-refractivity contribution >= 4 is 0 Å².